The second kappa shape index (κ2) is 5.69. The van der Waals surface area contributed by atoms with Crippen molar-refractivity contribution in [3.05, 3.63) is 80.8 Å². The van der Waals surface area contributed by atoms with Crippen molar-refractivity contribution in [1.29, 1.82) is 0 Å². The maximum Gasteiger partial charge on any atom is 0.228 e. The highest BCUT2D eigenvalue weighted by molar-refractivity contribution is 6.30. The molecule has 0 radical (unpaired) electrons. The quantitative estimate of drug-likeness (QED) is 0.552. The summed E-state index contributed by atoms with van der Waals surface area (Å²) in [6.45, 7) is 0. The first-order valence-corrected chi connectivity index (χ1v) is 7.85. The van der Waals surface area contributed by atoms with Gasteiger partial charge < -0.3 is 9.15 Å². The van der Waals surface area contributed by atoms with Crippen LogP contribution >= 0.6 is 11.6 Å². The van der Waals surface area contributed by atoms with Crippen molar-refractivity contribution < 1.29 is 9.15 Å². The van der Waals surface area contributed by atoms with E-state index < -0.39 is 0 Å². The molecular weight excluding hydrogens is 324 g/mol. The molecule has 3 aromatic carbocycles. The third-order valence-corrected chi connectivity index (χ3v) is 4.29. The third-order valence-electron chi connectivity index (χ3n) is 4.04. The summed E-state index contributed by atoms with van der Waals surface area (Å²) < 4.78 is 11.3. The van der Waals surface area contributed by atoms with Crippen molar-refractivity contribution in [3.8, 4) is 5.75 Å². The number of hydrogen-bond acceptors (Lipinski definition) is 3. The van der Waals surface area contributed by atoms with Gasteiger partial charge in [-0.25, -0.2) is 0 Å². The minimum atomic E-state index is -0.142. The van der Waals surface area contributed by atoms with Gasteiger partial charge in [0.1, 0.15) is 11.3 Å². The first-order valence-electron chi connectivity index (χ1n) is 7.47. The van der Waals surface area contributed by atoms with Gasteiger partial charge in [0.15, 0.2) is 5.42 Å². The van der Waals surface area contributed by atoms with E-state index in [4.69, 9.17) is 20.8 Å². The normalized spacial score (nSPS) is 12.2. The fraction of sp³-hybridized carbons (Fsp3) is 0.0500. The van der Waals surface area contributed by atoms with Gasteiger partial charge in [0, 0.05) is 21.2 Å². The van der Waals surface area contributed by atoms with E-state index in [2.05, 4.69) is 0 Å². The summed E-state index contributed by atoms with van der Waals surface area (Å²) in [4.78, 5) is 12.8. The highest BCUT2D eigenvalue weighted by Crippen LogP contribution is 2.31. The molecule has 0 fully saturated rings. The average molecular weight is 337 g/mol. The average Bonchev–Trinajstić information content (AvgIpc) is 2.61. The third kappa shape index (κ3) is 2.34. The standard InChI is InChI=1S/C20H13ClO3/c1-23-16-10-9-15-19-14(16)3-2-4-17(19)24-18(20(15)22)11-12-5-7-13(21)8-6-12/h2-11H,1H3. The lowest BCUT2D eigenvalue weighted by atomic mass is 10.0. The summed E-state index contributed by atoms with van der Waals surface area (Å²) in [6, 6.07) is 16.5. The number of halogens is 1. The molecule has 0 N–H and O–H groups in total. The molecule has 0 amide bonds. The molecule has 4 rings (SSSR count). The van der Waals surface area contributed by atoms with E-state index in [-0.39, 0.29) is 5.43 Å². The zero-order chi connectivity index (χ0) is 16.7. The van der Waals surface area contributed by atoms with Gasteiger partial charge in [-0.3, -0.25) is 4.79 Å². The van der Waals surface area contributed by atoms with E-state index >= 15 is 0 Å². The molecule has 0 unspecified atom stereocenters. The van der Waals surface area contributed by atoms with Crippen LogP contribution in [-0.4, -0.2) is 7.11 Å². The minimum Gasteiger partial charge on any atom is -0.496 e. The summed E-state index contributed by atoms with van der Waals surface area (Å²) in [6.07, 6.45) is 1.73. The molecule has 0 saturated carbocycles. The summed E-state index contributed by atoms with van der Waals surface area (Å²) in [5, 5.41) is 2.92. The van der Waals surface area contributed by atoms with Crippen LogP contribution in [0.1, 0.15) is 5.56 Å². The van der Waals surface area contributed by atoms with Crippen molar-refractivity contribution in [2.75, 3.05) is 7.11 Å². The Morgan fingerprint density at radius 1 is 1.00 bits per heavy atom. The van der Waals surface area contributed by atoms with E-state index in [1.54, 1.807) is 31.4 Å². The fourth-order valence-corrected chi connectivity index (χ4v) is 3.03. The maximum atomic E-state index is 12.8. The Bertz CT molecular complexity index is 1160. The first-order chi connectivity index (χ1) is 11.7. The maximum absolute atomic E-state index is 12.8. The second-order valence-corrected chi connectivity index (χ2v) is 5.92. The van der Waals surface area contributed by atoms with Gasteiger partial charge in [0.25, 0.3) is 0 Å². The molecule has 4 heteroatoms. The summed E-state index contributed by atoms with van der Waals surface area (Å²) in [5.41, 5.74) is 1.66. The second-order valence-electron chi connectivity index (χ2n) is 5.49. The van der Waals surface area contributed by atoms with Crippen LogP contribution in [0.2, 0.25) is 5.02 Å². The van der Waals surface area contributed by atoms with Crippen LogP contribution < -0.4 is 15.6 Å². The molecule has 0 atom stereocenters. The van der Waals surface area contributed by atoms with Crippen LogP contribution in [0.4, 0.5) is 0 Å². The lowest BCUT2D eigenvalue weighted by Crippen LogP contribution is -2.24. The Morgan fingerprint density at radius 3 is 2.54 bits per heavy atom. The number of methoxy groups -OCH3 is 1. The molecule has 3 nitrogen and oxygen atoms in total. The monoisotopic (exact) mass is 336 g/mol. The molecule has 0 aliphatic carbocycles. The Balaban J connectivity index is 2.08. The van der Waals surface area contributed by atoms with Crippen molar-refractivity contribution in [3.63, 3.8) is 0 Å². The van der Waals surface area contributed by atoms with E-state index in [1.807, 2.05) is 36.4 Å². The van der Waals surface area contributed by atoms with Gasteiger partial charge in [0.2, 0.25) is 5.43 Å². The van der Waals surface area contributed by atoms with E-state index in [9.17, 15) is 4.79 Å². The van der Waals surface area contributed by atoms with Gasteiger partial charge in [-0.2, -0.15) is 0 Å². The molecule has 1 aromatic heterocycles. The molecule has 118 valence electrons. The highest BCUT2D eigenvalue weighted by Gasteiger charge is 2.12. The Hall–Kier alpha value is -2.78. The van der Waals surface area contributed by atoms with Gasteiger partial charge in [-0.15, -0.1) is 0 Å². The Morgan fingerprint density at radius 2 is 1.79 bits per heavy atom. The lowest BCUT2D eigenvalue weighted by molar-refractivity contribution is 0.420. The Kier molecular flexibility index (Phi) is 3.51. The number of ether oxygens (including phenoxy) is 1. The van der Waals surface area contributed by atoms with Crippen LogP contribution in [0.5, 0.6) is 5.75 Å². The van der Waals surface area contributed by atoms with E-state index in [0.29, 0.717) is 21.4 Å². The van der Waals surface area contributed by atoms with Gasteiger partial charge in [0.05, 0.1) is 7.11 Å². The molecule has 0 aliphatic heterocycles. The van der Waals surface area contributed by atoms with Gasteiger partial charge in [-0.05, 0) is 42.0 Å². The molecular formula is C20H13ClO3. The van der Waals surface area contributed by atoms with Crippen LogP contribution in [-0.2, 0) is 0 Å². The van der Waals surface area contributed by atoms with Gasteiger partial charge >= 0.3 is 0 Å². The molecule has 0 saturated heterocycles. The zero-order valence-corrected chi connectivity index (χ0v) is 13.6. The number of hydrogen-bond donors (Lipinski definition) is 0. The lowest BCUT2D eigenvalue weighted by Gasteiger charge is -2.08. The zero-order valence-electron chi connectivity index (χ0n) is 12.9. The predicted molar refractivity (Wildman–Crippen MR) is 96.8 cm³/mol. The molecule has 0 spiro atoms. The van der Waals surface area contributed by atoms with Gasteiger partial charge in [-0.1, -0.05) is 35.9 Å². The van der Waals surface area contributed by atoms with Crippen LogP contribution in [0.3, 0.4) is 0 Å². The van der Waals surface area contributed by atoms with Crippen molar-refractivity contribution in [2.24, 2.45) is 0 Å². The smallest absolute Gasteiger partial charge is 0.228 e. The highest BCUT2D eigenvalue weighted by atomic mass is 35.5. The molecule has 1 heterocycles. The number of rotatable bonds is 2. The summed E-state index contributed by atoms with van der Waals surface area (Å²) in [7, 11) is 1.61. The fourth-order valence-electron chi connectivity index (χ4n) is 2.90. The predicted octanol–water partition coefficient (Wildman–Crippen LogP) is 4.16. The van der Waals surface area contributed by atoms with Crippen molar-refractivity contribution in [2.45, 2.75) is 0 Å². The molecule has 24 heavy (non-hydrogen) atoms. The molecule has 0 aliphatic rings. The van der Waals surface area contributed by atoms with Crippen LogP contribution in [0.15, 0.2) is 63.8 Å². The SMILES string of the molecule is COc1ccc2c(=O)c(=Cc3ccc(Cl)cc3)oc3cccc1c32. The van der Waals surface area contributed by atoms with Crippen LogP contribution in [0, 0.1) is 0 Å². The van der Waals surface area contributed by atoms with Crippen molar-refractivity contribution in [1.82, 2.24) is 0 Å². The largest absolute Gasteiger partial charge is 0.496 e. The molecule has 4 aromatic rings. The summed E-state index contributed by atoms with van der Waals surface area (Å²) in [5.74, 6) is 0.720. The Labute approximate surface area is 142 Å². The van der Waals surface area contributed by atoms with E-state index in [0.717, 1.165) is 22.1 Å². The summed E-state index contributed by atoms with van der Waals surface area (Å²) >= 11 is 5.90. The van der Waals surface area contributed by atoms with E-state index in [1.165, 1.54) is 0 Å². The topological polar surface area (TPSA) is 39.4 Å². The van der Waals surface area contributed by atoms with Crippen molar-refractivity contribution >= 4 is 39.4 Å². The number of benzene rings is 3. The first kappa shape index (κ1) is 14.8. The minimum absolute atomic E-state index is 0.142. The van der Waals surface area contributed by atoms with Crippen LogP contribution in [0.25, 0.3) is 27.8 Å². The molecule has 0 bridgehead atoms.